The largest absolute Gasteiger partial charge is 0.292 e. The third kappa shape index (κ3) is 2.65. The molecular weight excluding hydrogens is 224 g/mol. The Morgan fingerprint density at radius 1 is 1.31 bits per heavy atom. The van der Waals surface area contributed by atoms with Crippen LogP contribution in [0.1, 0.15) is 5.69 Å². The summed E-state index contributed by atoms with van der Waals surface area (Å²) in [4.78, 5) is 16.3. The molecule has 0 radical (unpaired) electrons. The van der Waals surface area contributed by atoms with Crippen LogP contribution in [0.5, 0.6) is 0 Å². The lowest BCUT2D eigenvalue weighted by Gasteiger charge is -2.03. The van der Waals surface area contributed by atoms with Crippen molar-refractivity contribution in [3.05, 3.63) is 30.4 Å². The lowest BCUT2D eigenvalue weighted by molar-refractivity contribution is 0.984. The first kappa shape index (κ1) is 10.8. The average Bonchev–Trinajstić information content (AvgIpc) is 2.29. The van der Waals surface area contributed by atoms with Gasteiger partial charge in [0.1, 0.15) is 16.4 Å². The molecule has 2 rings (SSSR count). The Bertz CT molecular complexity index is 475. The monoisotopic (exact) mass is 234 g/mol. The summed E-state index contributed by atoms with van der Waals surface area (Å²) in [7, 11) is 0. The molecule has 2 aromatic heterocycles. The molecule has 0 aromatic carbocycles. The number of aryl methyl sites for hydroxylation is 1. The van der Waals surface area contributed by atoms with Crippen molar-refractivity contribution in [2.24, 2.45) is 5.84 Å². The Labute approximate surface area is 96.7 Å². The van der Waals surface area contributed by atoms with Crippen LogP contribution in [0.3, 0.4) is 0 Å². The minimum atomic E-state index is 0.400. The Kier molecular flexibility index (Phi) is 3.28. The van der Waals surface area contributed by atoms with Crippen molar-refractivity contribution in [2.75, 3.05) is 5.43 Å². The van der Waals surface area contributed by atoms with Gasteiger partial charge in [0.25, 0.3) is 0 Å². The number of nitrogen functional groups attached to an aromatic ring is 1. The topological polar surface area (TPSA) is 89.6 Å². The van der Waals surface area contributed by atoms with Gasteiger partial charge in [-0.2, -0.15) is 0 Å². The van der Waals surface area contributed by atoms with Crippen LogP contribution in [0.4, 0.5) is 5.95 Å². The molecular formula is C9H10N6S. The number of anilines is 1. The van der Waals surface area contributed by atoms with E-state index in [9.17, 15) is 0 Å². The van der Waals surface area contributed by atoms with Crippen molar-refractivity contribution in [3.63, 3.8) is 0 Å². The normalized spacial score (nSPS) is 10.1. The van der Waals surface area contributed by atoms with Gasteiger partial charge in [0.2, 0.25) is 5.95 Å². The van der Waals surface area contributed by atoms with Gasteiger partial charge in [0.15, 0.2) is 0 Å². The van der Waals surface area contributed by atoms with E-state index in [1.54, 1.807) is 6.20 Å². The minimum absolute atomic E-state index is 0.400. The standard InChI is InChI=1S/C9H10N6S/c1-6-4-8(14-9(13-6)15-10)16-7-2-3-11-5-12-7/h2-5H,10H2,1H3,(H,13,14,15). The van der Waals surface area contributed by atoms with Crippen LogP contribution in [-0.4, -0.2) is 19.9 Å². The van der Waals surface area contributed by atoms with Crippen LogP contribution < -0.4 is 11.3 Å². The van der Waals surface area contributed by atoms with Gasteiger partial charge in [-0.25, -0.2) is 25.8 Å². The summed E-state index contributed by atoms with van der Waals surface area (Å²) in [6.07, 6.45) is 3.18. The van der Waals surface area contributed by atoms with Gasteiger partial charge in [-0.15, -0.1) is 0 Å². The zero-order chi connectivity index (χ0) is 11.4. The van der Waals surface area contributed by atoms with Gasteiger partial charge in [0, 0.05) is 11.9 Å². The zero-order valence-electron chi connectivity index (χ0n) is 8.58. The quantitative estimate of drug-likeness (QED) is 0.465. The van der Waals surface area contributed by atoms with Crippen molar-refractivity contribution < 1.29 is 0 Å². The summed E-state index contributed by atoms with van der Waals surface area (Å²) >= 11 is 1.43. The van der Waals surface area contributed by atoms with E-state index >= 15 is 0 Å². The zero-order valence-corrected chi connectivity index (χ0v) is 9.40. The first-order valence-electron chi connectivity index (χ1n) is 4.54. The van der Waals surface area contributed by atoms with Gasteiger partial charge in [0.05, 0.1) is 0 Å². The Morgan fingerprint density at radius 2 is 2.19 bits per heavy atom. The van der Waals surface area contributed by atoms with Gasteiger partial charge in [-0.3, -0.25) is 5.43 Å². The fraction of sp³-hybridized carbons (Fsp3) is 0.111. The van der Waals surface area contributed by atoms with E-state index in [0.717, 1.165) is 15.7 Å². The van der Waals surface area contributed by atoms with Crippen molar-refractivity contribution in [1.82, 2.24) is 19.9 Å². The lowest BCUT2D eigenvalue weighted by atomic mass is 10.5. The fourth-order valence-corrected chi connectivity index (χ4v) is 1.91. The molecule has 3 N–H and O–H groups in total. The van der Waals surface area contributed by atoms with Gasteiger partial charge < -0.3 is 0 Å². The highest BCUT2D eigenvalue weighted by Gasteiger charge is 2.03. The number of rotatable bonds is 3. The highest BCUT2D eigenvalue weighted by Crippen LogP contribution is 2.24. The molecule has 0 aliphatic heterocycles. The molecule has 2 aromatic rings. The van der Waals surface area contributed by atoms with Gasteiger partial charge in [-0.1, -0.05) is 0 Å². The SMILES string of the molecule is Cc1cc(Sc2ccncn2)nc(NN)n1. The number of hydrogen-bond donors (Lipinski definition) is 2. The van der Waals surface area contributed by atoms with E-state index in [1.807, 2.05) is 19.1 Å². The second-order valence-corrected chi connectivity index (χ2v) is 4.01. The summed E-state index contributed by atoms with van der Waals surface area (Å²) in [6.45, 7) is 1.88. The second kappa shape index (κ2) is 4.86. The highest BCUT2D eigenvalue weighted by molar-refractivity contribution is 7.99. The Balaban J connectivity index is 2.24. The predicted molar refractivity (Wildman–Crippen MR) is 60.7 cm³/mol. The maximum atomic E-state index is 5.27. The number of aromatic nitrogens is 4. The summed E-state index contributed by atoms with van der Waals surface area (Å²) in [5, 5.41) is 1.62. The molecule has 82 valence electrons. The van der Waals surface area contributed by atoms with E-state index < -0.39 is 0 Å². The third-order valence-electron chi connectivity index (χ3n) is 1.72. The number of nitrogens with two attached hydrogens (primary N) is 1. The van der Waals surface area contributed by atoms with E-state index in [4.69, 9.17) is 5.84 Å². The summed E-state index contributed by atoms with van der Waals surface area (Å²) in [6, 6.07) is 3.69. The molecule has 0 saturated carbocycles. The summed E-state index contributed by atoms with van der Waals surface area (Å²) in [5.41, 5.74) is 3.27. The Hall–Kier alpha value is -1.73. The molecule has 0 unspecified atom stereocenters. The first-order chi connectivity index (χ1) is 7.78. The highest BCUT2D eigenvalue weighted by atomic mass is 32.2. The van der Waals surface area contributed by atoms with Crippen LogP contribution in [0.15, 0.2) is 34.7 Å². The van der Waals surface area contributed by atoms with Crippen molar-refractivity contribution in [1.29, 1.82) is 0 Å². The van der Waals surface area contributed by atoms with Crippen LogP contribution in [0.2, 0.25) is 0 Å². The van der Waals surface area contributed by atoms with Crippen LogP contribution >= 0.6 is 11.8 Å². The van der Waals surface area contributed by atoms with Crippen molar-refractivity contribution >= 4 is 17.7 Å². The molecule has 0 fully saturated rings. The van der Waals surface area contributed by atoms with Crippen LogP contribution in [0, 0.1) is 6.92 Å². The smallest absolute Gasteiger partial charge is 0.238 e. The fourth-order valence-electron chi connectivity index (χ4n) is 1.10. The number of nitrogens with zero attached hydrogens (tertiary/aromatic N) is 4. The minimum Gasteiger partial charge on any atom is -0.292 e. The van der Waals surface area contributed by atoms with Crippen molar-refractivity contribution in [3.8, 4) is 0 Å². The van der Waals surface area contributed by atoms with Gasteiger partial charge in [-0.05, 0) is 30.8 Å². The molecule has 0 atom stereocenters. The lowest BCUT2D eigenvalue weighted by Crippen LogP contribution is -2.11. The predicted octanol–water partition coefficient (Wildman–Crippen LogP) is 1.01. The summed E-state index contributed by atoms with van der Waals surface area (Å²) in [5.74, 6) is 5.67. The Morgan fingerprint density at radius 3 is 2.88 bits per heavy atom. The molecule has 0 aliphatic rings. The number of hydrogen-bond acceptors (Lipinski definition) is 7. The van der Waals surface area contributed by atoms with E-state index in [0.29, 0.717) is 5.95 Å². The number of nitrogens with one attached hydrogen (secondary N) is 1. The van der Waals surface area contributed by atoms with Gasteiger partial charge >= 0.3 is 0 Å². The maximum Gasteiger partial charge on any atom is 0.238 e. The molecule has 0 spiro atoms. The molecule has 0 saturated heterocycles. The average molecular weight is 234 g/mol. The molecule has 6 nitrogen and oxygen atoms in total. The van der Waals surface area contributed by atoms with Crippen LogP contribution in [0.25, 0.3) is 0 Å². The molecule has 2 heterocycles. The summed E-state index contributed by atoms with van der Waals surface area (Å²) < 4.78 is 0. The number of hydrazine groups is 1. The van der Waals surface area contributed by atoms with Crippen molar-refractivity contribution in [2.45, 2.75) is 17.0 Å². The second-order valence-electron chi connectivity index (χ2n) is 2.97. The third-order valence-corrected chi connectivity index (χ3v) is 2.59. The van der Waals surface area contributed by atoms with Crippen LogP contribution in [-0.2, 0) is 0 Å². The van der Waals surface area contributed by atoms with E-state index in [-0.39, 0.29) is 0 Å². The van der Waals surface area contributed by atoms with E-state index in [2.05, 4.69) is 25.4 Å². The molecule has 0 bridgehead atoms. The molecule has 0 amide bonds. The molecule has 7 heteroatoms. The molecule has 0 aliphatic carbocycles. The first-order valence-corrected chi connectivity index (χ1v) is 5.36. The molecule has 16 heavy (non-hydrogen) atoms. The van der Waals surface area contributed by atoms with E-state index in [1.165, 1.54) is 18.1 Å². The maximum absolute atomic E-state index is 5.27.